The van der Waals surface area contributed by atoms with E-state index in [4.69, 9.17) is 0 Å². The fraction of sp³-hybridized carbons (Fsp3) is 0.167. The summed E-state index contributed by atoms with van der Waals surface area (Å²) in [5.74, 6) is 0. The molecule has 1 heteroatoms. The fourth-order valence-corrected chi connectivity index (χ4v) is 0.786. The van der Waals surface area contributed by atoms with Crippen molar-refractivity contribution in [3.63, 3.8) is 0 Å². The van der Waals surface area contributed by atoms with Gasteiger partial charge in [-0.05, 0) is 12.8 Å². The van der Waals surface area contributed by atoms with E-state index in [-0.39, 0.29) is 41.1 Å². The monoisotopic (exact) mass is 252 g/mol. The molecule has 0 atom stereocenters. The molecule has 0 aromatic rings. The van der Waals surface area contributed by atoms with Gasteiger partial charge in [0, 0.05) is 0 Å². The molecule has 70 valence electrons. The Labute approximate surface area is 102 Å². The van der Waals surface area contributed by atoms with Crippen LogP contribution >= 0.6 is 0 Å². The van der Waals surface area contributed by atoms with Gasteiger partial charge >= 0.3 is 26.2 Å². The summed E-state index contributed by atoms with van der Waals surface area (Å²) in [5.41, 5.74) is 0. The summed E-state index contributed by atoms with van der Waals surface area (Å²) in [4.78, 5) is 0. The predicted molar refractivity (Wildman–Crippen MR) is 58.6 cm³/mol. The third-order valence-corrected chi connectivity index (χ3v) is 1.31. The summed E-state index contributed by atoms with van der Waals surface area (Å²) in [6, 6.07) is 0. The second-order valence-electron chi connectivity index (χ2n) is 2.18. The van der Waals surface area contributed by atoms with Crippen LogP contribution in [-0.4, -0.2) is 0 Å². The maximum atomic E-state index is 2.12. The van der Waals surface area contributed by atoms with E-state index < -0.39 is 0 Å². The predicted octanol–water partition coefficient (Wildman–Crippen LogP) is 3.90. The van der Waals surface area contributed by atoms with Crippen LogP contribution in [-0.2, 0) is 26.2 Å². The van der Waals surface area contributed by atoms with Crippen molar-refractivity contribution in [1.82, 2.24) is 0 Å². The Bertz CT molecular complexity index is 143. The molecule has 0 aromatic carbocycles. The van der Waals surface area contributed by atoms with Gasteiger partial charge in [-0.3, -0.25) is 0 Å². The van der Waals surface area contributed by atoms with Gasteiger partial charge in [0.05, 0.1) is 0 Å². The van der Waals surface area contributed by atoms with Gasteiger partial charge in [-0.2, -0.15) is 0 Å². The van der Waals surface area contributed by atoms with Crippen LogP contribution in [0.1, 0.15) is 12.8 Å². The van der Waals surface area contributed by atoms with Crippen molar-refractivity contribution in [1.29, 1.82) is 0 Å². The normalized spacial score (nSPS) is 13.5. The van der Waals surface area contributed by atoms with Gasteiger partial charge in [0.1, 0.15) is 0 Å². The minimum atomic E-state index is 0. The Balaban J connectivity index is -0.000000125. The SMILES string of the molecule is C1=CCC=C1.C1=CCC=C1.[CH3-].[CH3-].[Zr+2]. The van der Waals surface area contributed by atoms with Crippen LogP contribution in [0, 0.1) is 14.9 Å². The quantitative estimate of drug-likeness (QED) is 0.574. The van der Waals surface area contributed by atoms with E-state index in [0.29, 0.717) is 0 Å². The molecule has 2 aliphatic rings. The zero-order valence-electron chi connectivity index (χ0n) is 8.53. The van der Waals surface area contributed by atoms with E-state index >= 15 is 0 Å². The van der Waals surface area contributed by atoms with Crippen LogP contribution in [0.15, 0.2) is 48.6 Å². The molecular formula is C12H18Zr. The average Bonchev–Trinajstić information content (AvgIpc) is 2.67. The van der Waals surface area contributed by atoms with E-state index in [1.807, 2.05) is 0 Å². The molecular weight excluding hydrogens is 235 g/mol. The molecule has 0 unspecified atom stereocenters. The van der Waals surface area contributed by atoms with Crippen LogP contribution in [0.25, 0.3) is 0 Å². The Hall–Kier alpha value is -0.157. The van der Waals surface area contributed by atoms with Gasteiger partial charge < -0.3 is 14.9 Å². The summed E-state index contributed by atoms with van der Waals surface area (Å²) < 4.78 is 0. The Morgan fingerprint density at radius 2 is 0.769 bits per heavy atom. The summed E-state index contributed by atoms with van der Waals surface area (Å²) >= 11 is 0. The third-order valence-electron chi connectivity index (χ3n) is 1.31. The fourth-order valence-electron chi connectivity index (χ4n) is 0.786. The molecule has 0 N–H and O–H groups in total. The molecule has 0 radical (unpaired) electrons. The summed E-state index contributed by atoms with van der Waals surface area (Å²) in [6.45, 7) is 0. The molecule has 0 nitrogen and oxygen atoms in total. The van der Waals surface area contributed by atoms with Gasteiger partial charge in [0.25, 0.3) is 0 Å². The minimum Gasteiger partial charge on any atom is -0.358 e. The molecule has 0 heterocycles. The van der Waals surface area contributed by atoms with Crippen molar-refractivity contribution in [3.8, 4) is 0 Å². The molecule has 0 aromatic heterocycles. The van der Waals surface area contributed by atoms with E-state index in [1.54, 1.807) is 0 Å². The molecule has 0 amide bonds. The molecule has 0 saturated carbocycles. The van der Waals surface area contributed by atoms with Crippen LogP contribution in [0.3, 0.4) is 0 Å². The van der Waals surface area contributed by atoms with Crippen molar-refractivity contribution >= 4 is 0 Å². The van der Waals surface area contributed by atoms with Crippen molar-refractivity contribution < 1.29 is 26.2 Å². The van der Waals surface area contributed by atoms with Crippen LogP contribution in [0.4, 0.5) is 0 Å². The first-order valence-corrected chi connectivity index (χ1v) is 3.63. The van der Waals surface area contributed by atoms with Crippen LogP contribution < -0.4 is 0 Å². The first kappa shape index (κ1) is 18.6. The summed E-state index contributed by atoms with van der Waals surface area (Å²) in [5, 5.41) is 0. The van der Waals surface area contributed by atoms with Gasteiger partial charge in [0.15, 0.2) is 0 Å². The third kappa shape index (κ3) is 11.8. The number of rotatable bonds is 0. The zero-order chi connectivity index (χ0) is 7.07. The Morgan fingerprint density at radius 3 is 0.846 bits per heavy atom. The van der Waals surface area contributed by atoms with Crippen LogP contribution in [0.5, 0.6) is 0 Å². The zero-order valence-corrected chi connectivity index (χ0v) is 11.0. The molecule has 0 spiro atoms. The average molecular weight is 254 g/mol. The number of allylic oxidation sites excluding steroid dienone is 8. The first-order chi connectivity index (χ1) is 5.00. The number of hydrogen-bond donors (Lipinski definition) is 0. The minimum absolute atomic E-state index is 0. The van der Waals surface area contributed by atoms with Crippen molar-refractivity contribution in [2.45, 2.75) is 12.8 Å². The van der Waals surface area contributed by atoms with Gasteiger partial charge in [-0.1, -0.05) is 48.6 Å². The van der Waals surface area contributed by atoms with Crippen molar-refractivity contribution in [2.24, 2.45) is 0 Å². The van der Waals surface area contributed by atoms with E-state index in [1.165, 1.54) is 0 Å². The molecule has 0 bridgehead atoms. The summed E-state index contributed by atoms with van der Waals surface area (Å²) in [6.07, 6.45) is 19.0. The van der Waals surface area contributed by atoms with Crippen LogP contribution in [0.2, 0.25) is 0 Å². The van der Waals surface area contributed by atoms with Crippen molar-refractivity contribution in [2.75, 3.05) is 0 Å². The smallest absolute Gasteiger partial charge is 0.358 e. The Kier molecular flexibility index (Phi) is 20.6. The maximum absolute atomic E-state index is 2.12. The maximum Gasteiger partial charge on any atom is 2.00 e. The summed E-state index contributed by atoms with van der Waals surface area (Å²) in [7, 11) is 0. The molecule has 13 heavy (non-hydrogen) atoms. The molecule has 2 rings (SSSR count). The topological polar surface area (TPSA) is 0 Å². The largest absolute Gasteiger partial charge is 2.00 e. The number of hydrogen-bond acceptors (Lipinski definition) is 0. The van der Waals surface area contributed by atoms with E-state index in [2.05, 4.69) is 48.6 Å². The van der Waals surface area contributed by atoms with E-state index in [9.17, 15) is 0 Å². The molecule has 0 saturated heterocycles. The second kappa shape index (κ2) is 14.4. The van der Waals surface area contributed by atoms with Crippen molar-refractivity contribution in [3.05, 3.63) is 63.5 Å². The second-order valence-corrected chi connectivity index (χ2v) is 2.18. The van der Waals surface area contributed by atoms with Gasteiger partial charge in [-0.25, -0.2) is 0 Å². The van der Waals surface area contributed by atoms with E-state index in [0.717, 1.165) is 12.8 Å². The van der Waals surface area contributed by atoms with Gasteiger partial charge in [0.2, 0.25) is 0 Å². The standard InChI is InChI=1S/2C5H6.2CH3.Zr/c2*1-2-4-5-3-1;;;/h2*1-4H,5H2;2*1H3;/q;;2*-1;+2. The molecule has 2 aliphatic carbocycles. The van der Waals surface area contributed by atoms with Gasteiger partial charge in [-0.15, -0.1) is 0 Å². The molecule has 0 fully saturated rings. The Morgan fingerprint density at radius 1 is 0.538 bits per heavy atom. The molecule has 0 aliphatic heterocycles. The first-order valence-electron chi connectivity index (χ1n) is 3.63.